The van der Waals surface area contributed by atoms with Gasteiger partial charge in [0.1, 0.15) is 11.4 Å². The largest absolute Gasteiger partial charge is 0.494 e. The minimum Gasteiger partial charge on any atom is -0.494 e. The third kappa shape index (κ3) is 3.24. The van der Waals surface area contributed by atoms with Crippen LogP contribution in [0.15, 0.2) is 54.6 Å². The average Bonchev–Trinajstić information content (AvgIpc) is 3.03. The van der Waals surface area contributed by atoms with E-state index in [1.807, 2.05) is 35.0 Å². The molecular weight excluding hydrogens is 288 g/mol. The van der Waals surface area contributed by atoms with Crippen LogP contribution in [0.3, 0.4) is 0 Å². The Morgan fingerprint density at radius 3 is 2.48 bits per heavy atom. The van der Waals surface area contributed by atoms with E-state index in [0.29, 0.717) is 6.54 Å². The number of hydrogen-bond acceptors (Lipinski definition) is 4. The molecule has 0 aliphatic carbocycles. The zero-order chi connectivity index (χ0) is 16.1. The maximum Gasteiger partial charge on any atom is 0.144 e. The van der Waals surface area contributed by atoms with Crippen LogP contribution in [0.5, 0.6) is 5.75 Å². The van der Waals surface area contributed by atoms with Gasteiger partial charge in [0.2, 0.25) is 0 Å². The Morgan fingerprint density at radius 1 is 1.00 bits per heavy atom. The van der Waals surface area contributed by atoms with Crippen molar-refractivity contribution in [2.24, 2.45) is 5.73 Å². The number of aryl methyl sites for hydroxylation is 1. The van der Waals surface area contributed by atoms with Crippen LogP contribution in [0.25, 0.3) is 5.69 Å². The van der Waals surface area contributed by atoms with Crippen molar-refractivity contribution in [1.82, 2.24) is 15.0 Å². The number of nitrogens with zero attached hydrogens (tertiary/aromatic N) is 3. The molecule has 2 aromatic carbocycles. The number of hydrogen-bond donors (Lipinski definition) is 1. The van der Waals surface area contributed by atoms with E-state index in [9.17, 15) is 0 Å². The van der Waals surface area contributed by atoms with Gasteiger partial charge in [-0.25, -0.2) is 4.68 Å². The van der Waals surface area contributed by atoms with Gasteiger partial charge in [0.05, 0.1) is 18.5 Å². The second-order valence-corrected chi connectivity index (χ2v) is 5.26. The number of aromatic nitrogens is 3. The first-order valence-electron chi connectivity index (χ1n) is 7.64. The molecule has 2 N–H and O–H groups in total. The summed E-state index contributed by atoms with van der Waals surface area (Å²) in [5.41, 5.74) is 9.85. The molecule has 3 rings (SSSR count). The summed E-state index contributed by atoms with van der Waals surface area (Å²) in [6.07, 6.45) is 1.73. The van der Waals surface area contributed by atoms with Gasteiger partial charge in [0.25, 0.3) is 0 Å². The van der Waals surface area contributed by atoms with Gasteiger partial charge >= 0.3 is 0 Å². The first-order chi connectivity index (χ1) is 11.3. The van der Waals surface area contributed by atoms with Crippen LogP contribution in [0, 0.1) is 0 Å². The fourth-order valence-electron chi connectivity index (χ4n) is 2.65. The summed E-state index contributed by atoms with van der Waals surface area (Å²) in [6, 6.07) is 18.2. The number of methoxy groups -OCH3 is 1. The monoisotopic (exact) mass is 308 g/mol. The number of ether oxygens (including phenoxy) is 1. The van der Waals surface area contributed by atoms with E-state index in [1.165, 1.54) is 5.56 Å². The van der Waals surface area contributed by atoms with Gasteiger partial charge < -0.3 is 10.5 Å². The van der Waals surface area contributed by atoms with Crippen molar-refractivity contribution in [3.63, 3.8) is 0 Å². The molecule has 1 heterocycles. The van der Waals surface area contributed by atoms with Crippen molar-refractivity contribution in [2.45, 2.75) is 19.4 Å². The standard InChI is InChI=1S/C18H20N4O/c1-23-18-10-6-5-9-17(18)22-16(15(13-19)20-21-22)12-11-14-7-3-2-4-8-14/h2-10H,11-13,19H2,1H3. The van der Waals surface area contributed by atoms with E-state index < -0.39 is 0 Å². The van der Waals surface area contributed by atoms with E-state index in [-0.39, 0.29) is 0 Å². The third-order valence-corrected chi connectivity index (χ3v) is 3.84. The van der Waals surface area contributed by atoms with Crippen molar-refractivity contribution in [2.75, 3.05) is 7.11 Å². The van der Waals surface area contributed by atoms with E-state index >= 15 is 0 Å². The summed E-state index contributed by atoms with van der Waals surface area (Å²) >= 11 is 0. The van der Waals surface area contributed by atoms with Crippen LogP contribution >= 0.6 is 0 Å². The lowest BCUT2D eigenvalue weighted by Gasteiger charge is -2.11. The normalized spacial score (nSPS) is 10.7. The highest BCUT2D eigenvalue weighted by molar-refractivity contribution is 5.47. The number of nitrogens with two attached hydrogens (primary N) is 1. The molecule has 118 valence electrons. The lowest BCUT2D eigenvalue weighted by molar-refractivity contribution is 0.411. The summed E-state index contributed by atoms with van der Waals surface area (Å²) in [6.45, 7) is 0.374. The summed E-state index contributed by atoms with van der Waals surface area (Å²) in [5, 5.41) is 8.52. The molecule has 0 aliphatic heterocycles. The Balaban J connectivity index is 1.94. The van der Waals surface area contributed by atoms with Gasteiger partial charge in [-0.2, -0.15) is 0 Å². The molecule has 23 heavy (non-hydrogen) atoms. The van der Waals surface area contributed by atoms with Crippen molar-refractivity contribution in [3.05, 3.63) is 71.5 Å². The van der Waals surface area contributed by atoms with Crippen molar-refractivity contribution >= 4 is 0 Å². The summed E-state index contributed by atoms with van der Waals surface area (Å²) in [4.78, 5) is 0. The van der Waals surface area contributed by atoms with Crippen LogP contribution < -0.4 is 10.5 Å². The van der Waals surface area contributed by atoms with Crippen LogP contribution in [0.2, 0.25) is 0 Å². The Labute approximate surface area is 135 Å². The molecule has 1 aromatic heterocycles. The molecule has 0 saturated heterocycles. The van der Waals surface area contributed by atoms with E-state index in [0.717, 1.165) is 35.7 Å². The Bertz CT molecular complexity index is 768. The van der Waals surface area contributed by atoms with Gasteiger partial charge in [0.15, 0.2) is 0 Å². The molecule has 0 bridgehead atoms. The number of para-hydroxylation sites is 2. The predicted molar refractivity (Wildman–Crippen MR) is 89.7 cm³/mol. The van der Waals surface area contributed by atoms with Gasteiger partial charge in [-0.3, -0.25) is 0 Å². The fraction of sp³-hybridized carbons (Fsp3) is 0.222. The quantitative estimate of drug-likeness (QED) is 0.760. The first kappa shape index (κ1) is 15.2. The molecule has 0 spiro atoms. The summed E-state index contributed by atoms with van der Waals surface area (Å²) < 4.78 is 7.28. The van der Waals surface area contributed by atoms with Crippen LogP contribution in [-0.4, -0.2) is 22.1 Å². The Morgan fingerprint density at radius 2 is 1.74 bits per heavy atom. The smallest absolute Gasteiger partial charge is 0.144 e. The first-order valence-corrected chi connectivity index (χ1v) is 7.64. The zero-order valence-corrected chi connectivity index (χ0v) is 13.1. The molecule has 0 saturated carbocycles. The molecule has 0 unspecified atom stereocenters. The van der Waals surface area contributed by atoms with Crippen LogP contribution in [0.1, 0.15) is 17.0 Å². The second kappa shape index (κ2) is 7.07. The maximum atomic E-state index is 5.83. The third-order valence-electron chi connectivity index (χ3n) is 3.84. The van der Waals surface area contributed by atoms with Gasteiger partial charge in [-0.05, 0) is 30.5 Å². The highest BCUT2D eigenvalue weighted by Crippen LogP contribution is 2.24. The molecule has 0 radical (unpaired) electrons. The van der Waals surface area contributed by atoms with Gasteiger partial charge in [-0.1, -0.05) is 47.7 Å². The van der Waals surface area contributed by atoms with Crippen LogP contribution in [-0.2, 0) is 19.4 Å². The van der Waals surface area contributed by atoms with Crippen LogP contribution in [0.4, 0.5) is 0 Å². The van der Waals surface area contributed by atoms with Crippen molar-refractivity contribution in [3.8, 4) is 11.4 Å². The number of benzene rings is 2. The topological polar surface area (TPSA) is 66.0 Å². The second-order valence-electron chi connectivity index (χ2n) is 5.26. The van der Waals surface area contributed by atoms with Crippen molar-refractivity contribution in [1.29, 1.82) is 0 Å². The van der Waals surface area contributed by atoms with Crippen molar-refractivity contribution < 1.29 is 4.74 Å². The highest BCUT2D eigenvalue weighted by Gasteiger charge is 2.15. The minimum atomic E-state index is 0.374. The summed E-state index contributed by atoms with van der Waals surface area (Å²) in [7, 11) is 1.66. The lowest BCUT2D eigenvalue weighted by atomic mass is 10.1. The van der Waals surface area contributed by atoms with Gasteiger partial charge in [-0.15, -0.1) is 5.10 Å². The minimum absolute atomic E-state index is 0.374. The molecule has 0 atom stereocenters. The predicted octanol–water partition coefficient (Wildman–Crippen LogP) is 2.52. The fourth-order valence-corrected chi connectivity index (χ4v) is 2.65. The molecule has 0 aliphatic rings. The van der Waals surface area contributed by atoms with E-state index in [1.54, 1.807) is 7.11 Å². The molecule has 5 heteroatoms. The Kier molecular flexibility index (Phi) is 4.68. The van der Waals surface area contributed by atoms with Gasteiger partial charge in [0, 0.05) is 6.54 Å². The number of rotatable bonds is 6. The SMILES string of the molecule is COc1ccccc1-n1nnc(CN)c1CCc1ccccc1. The molecule has 3 aromatic rings. The lowest BCUT2D eigenvalue weighted by Crippen LogP contribution is -2.08. The zero-order valence-electron chi connectivity index (χ0n) is 13.1. The Hall–Kier alpha value is -2.66. The van der Waals surface area contributed by atoms with E-state index in [4.69, 9.17) is 10.5 Å². The molecule has 0 amide bonds. The molecular formula is C18H20N4O. The molecule has 0 fully saturated rings. The average molecular weight is 308 g/mol. The molecule has 5 nitrogen and oxygen atoms in total. The van der Waals surface area contributed by atoms with E-state index in [2.05, 4.69) is 34.6 Å². The summed E-state index contributed by atoms with van der Waals surface area (Å²) in [5.74, 6) is 0.766. The highest BCUT2D eigenvalue weighted by atomic mass is 16.5. The maximum absolute atomic E-state index is 5.83.